The molecule has 1 saturated heterocycles. The highest BCUT2D eigenvalue weighted by atomic mass is 79.9. The molecule has 8 heteroatoms. The highest BCUT2D eigenvalue weighted by Gasteiger charge is 2.30. The van der Waals surface area contributed by atoms with Crippen molar-refractivity contribution in [1.29, 1.82) is 0 Å². The summed E-state index contributed by atoms with van der Waals surface area (Å²) in [5, 5.41) is 0. The highest BCUT2D eigenvalue weighted by Crippen LogP contribution is 2.29. The van der Waals surface area contributed by atoms with Crippen molar-refractivity contribution in [1.82, 2.24) is 13.6 Å². The topological polar surface area (TPSA) is 62.7 Å². The van der Waals surface area contributed by atoms with Gasteiger partial charge in [0.15, 0.2) is 0 Å². The molecule has 0 spiro atoms. The molecule has 1 aliphatic heterocycles. The van der Waals surface area contributed by atoms with Crippen molar-refractivity contribution in [3.05, 3.63) is 27.9 Å². The van der Waals surface area contributed by atoms with Crippen molar-refractivity contribution in [3.63, 3.8) is 0 Å². The van der Waals surface area contributed by atoms with E-state index < -0.39 is 10.2 Å². The number of unbranched alkanes of at least 4 members (excludes halogenated alkanes) is 1. The van der Waals surface area contributed by atoms with Gasteiger partial charge in [-0.2, -0.15) is 17.0 Å². The Morgan fingerprint density at radius 1 is 1.38 bits per heavy atom. The molecule has 0 atom stereocenters. The summed E-state index contributed by atoms with van der Waals surface area (Å²) < 4.78 is 34.0. The predicted molar refractivity (Wildman–Crippen MR) is 108 cm³/mol. The van der Waals surface area contributed by atoms with Crippen LogP contribution in [0.4, 0.5) is 0 Å². The maximum atomic E-state index is 12.2. The van der Waals surface area contributed by atoms with Gasteiger partial charge in [0, 0.05) is 32.9 Å². The molecular formula is C18H28BrN3O3S. The first-order chi connectivity index (χ1) is 12.3. The monoisotopic (exact) mass is 445 g/mol. The Kier molecular flexibility index (Phi) is 7.63. The Morgan fingerprint density at radius 3 is 2.62 bits per heavy atom. The van der Waals surface area contributed by atoms with Crippen LogP contribution in [0.25, 0.3) is 6.08 Å². The molecule has 26 heavy (non-hydrogen) atoms. The van der Waals surface area contributed by atoms with E-state index in [1.165, 1.54) is 8.61 Å². The molecule has 0 N–H and O–H groups in total. The van der Waals surface area contributed by atoms with Crippen molar-refractivity contribution < 1.29 is 13.2 Å². The van der Waals surface area contributed by atoms with E-state index in [9.17, 15) is 8.42 Å². The largest absolute Gasteiger partial charge is 0.473 e. The highest BCUT2D eigenvalue weighted by molar-refractivity contribution is 9.10. The Hall–Kier alpha value is -0.960. The Bertz CT molecular complexity index is 742. The summed E-state index contributed by atoms with van der Waals surface area (Å²) in [6.45, 7) is 5.04. The predicted octanol–water partition coefficient (Wildman–Crippen LogP) is 3.62. The van der Waals surface area contributed by atoms with Crippen LogP contribution in [-0.2, 0) is 10.2 Å². The standard InChI is InChI=1S/C18H28BrN3O3S/c1-5-6-7-8-15-13-17(19)18(20-14(15)2)25-16-9-11-22(12-10-16)26(23,24)21(3)4/h7-8,13,16H,5-6,9-12H2,1-4H3/b8-7+. The van der Waals surface area contributed by atoms with E-state index in [1.807, 2.05) is 13.0 Å². The zero-order chi connectivity index (χ0) is 19.3. The number of aromatic nitrogens is 1. The molecule has 0 aromatic carbocycles. The van der Waals surface area contributed by atoms with Crippen LogP contribution in [0.3, 0.4) is 0 Å². The third kappa shape index (κ3) is 5.28. The number of aryl methyl sites for hydroxylation is 1. The van der Waals surface area contributed by atoms with Gasteiger partial charge in [0.1, 0.15) is 6.10 Å². The van der Waals surface area contributed by atoms with E-state index in [0.29, 0.717) is 31.8 Å². The molecule has 2 heterocycles. The lowest BCUT2D eigenvalue weighted by Gasteiger charge is -2.32. The minimum atomic E-state index is -3.35. The average molecular weight is 446 g/mol. The third-order valence-electron chi connectivity index (χ3n) is 4.39. The summed E-state index contributed by atoms with van der Waals surface area (Å²) in [5.41, 5.74) is 1.99. The molecule has 2 rings (SSSR count). The zero-order valence-electron chi connectivity index (χ0n) is 15.9. The van der Waals surface area contributed by atoms with E-state index in [1.54, 1.807) is 14.1 Å². The van der Waals surface area contributed by atoms with Crippen molar-refractivity contribution in [2.24, 2.45) is 0 Å². The summed E-state index contributed by atoms with van der Waals surface area (Å²) in [6.07, 6.45) is 7.67. The van der Waals surface area contributed by atoms with Crippen molar-refractivity contribution >= 4 is 32.2 Å². The first-order valence-electron chi connectivity index (χ1n) is 8.93. The number of rotatable bonds is 7. The normalized spacial score (nSPS) is 17.3. The lowest BCUT2D eigenvalue weighted by atomic mass is 10.1. The van der Waals surface area contributed by atoms with Gasteiger partial charge in [0.25, 0.3) is 10.2 Å². The average Bonchev–Trinajstić information content (AvgIpc) is 2.59. The van der Waals surface area contributed by atoms with Crippen LogP contribution < -0.4 is 4.74 Å². The molecule has 0 amide bonds. The van der Waals surface area contributed by atoms with Gasteiger partial charge in [-0.25, -0.2) is 4.98 Å². The molecule has 6 nitrogen and oxygen atoms in total. The van der Waals surface area contributed by atoms with Crippen LogP contribution in [0.5, 0.6) is 5.88 Å². The van der Waals surface area contributed by atoms with Gasteiger partial charge in [-0.3, -0.25) is 0 Å². The van der Waals surface area contributed by atoms with Gasteiger partial charge in [-0.05, 0) is 53.7 Å². The first kappa shape index (κ1) is 21.3. The Labute approximate surface area is 165 Å². The molecule has 0 unspecified atom stereocenters. The number of hydrogen-bond donors (Lipinski definition) is 0. The first-order valence-corrected chi connectivity index (χ1v) is 11.1. The van der Waals surface area contributed by atoms with Gasteiger partial charge in [-0.1, -0.05) is 25.5 Å². The smallest absolute Gasteiger partial charge is 0.281 e. The second-order valence-corrected chi connectivity index (χ2v) is 9.64. The van der Waals surface area contributed by atoms with Crippen LogP contribution in [0.1, 0.15) is 43.9 Å². The summed E-state index contributed by atoms with van der Waals surface area (Å²) in [4.78, 5) is 4.58. The number of hydrogen-bond acceptors (Lipinski definition) is 4. The minimum Gasteiger partial charge on any atom is -0.473 e. The maximum Gasteiger partial charge on any atom is 0.281 e. The van der Waals surface area contributed by atoms with E-state index in [0.717, 1.165) is 28.6 Å². The van der Waals surface area contributed by atoms with Gasteiger partial charge in [0.05, 0.1) is 4.47 Å². The molecule has 1 fully saturated rings. The number of piperidine rings is 1. The van der Waals surface area contributed by atoms with Crippen molar-refractivity contribution in [2.75, 3.05) is 27.2 Å². The van der Waals surface area contributed by atoms with E-state index in [-0.39, 0.29) is 6.10 Å². The lowest BCUT2D eigenvalue weighted by Crippen LogP contribution is -2.46. The van der Waals surface area contributed by atoms with E-state index in [2.05, 4.69) is 40.0 Å². The molecule has 0 radical (unpaired) electrons. The Morgan fingerprint density at radius 2 is 2.04 bits per heavy atom. The number of nitrogens with zero attached hydrogens (tertiary/aromatic N) is 3. The molecule has 0 saturated carbocycles. The van der Waals surface area contributed by atoms with Gasteiger partial charge in [-0.15, -0.1) is 0 Å². The zero-order valence-corrected chi connectivity index (χ0v) is 18.3. The van der Waals surface area contributed by atoms with Crippen LogP contribution >= 0.6 is 15.9 Å². The molecule has 1 aromatic heterocycles. The van der Waals surface area contributed by atoms with Gasteiger partial charge < -0.3 is 4.74 Å². The number of halogens is 1. The SMILES string of the molecule is CCC/C=C/c1cc(Br)c(OC2CCN(S(=O)(=O)N(C)C)CC2)nc1C. The minimum absolute atomic E-state index is 0.0340. The van der Waals surface area contributed by atoms with Crippen LogP contribution in [0.15, 0.2) is 16.6 Å². The van der Waals surface area contributed by atoms with E-state index in [4.69, 9.17) is 4.74 Å². The van der Waals surface area contributed by atoms with Crippen LogP contribution in [0.2, 0.25) is 0 Å². The fraction of sp³-hybridized carbons (Fsp3) is 0.611. The lowest BCUT2D eigenvalue weighted by molar-refractivity contribution is 0.127. The van der Waals surface area contributed by atoms with Crippen molar-refractivity contribution in [2.45, 2.75) is 45.6 Å². The molecule has 1 aliphatic rings. The Balaban J connectivity index is 2.01. The summed E-state index contributed by atoms with van der Waals surface area (Å²) >= 11 is 3.55. The number of ether oxygens (including phenoxy) is 1. The second-order valence-electron chi connectivity index (χ2n) is 6.65. The fourth-order valence-corrected chi connectivity index (χ4v) is 4.33. The quantitative estimate of drug-likeness (QED) is 0.642. The number of allylic oxidation sites excluding steroid dienone is 1. The molecule has 0 bridgehead atoms. The van der Waals surface area contributed by atoms with Crippen molar-refractivity contribution in [3.8, 4) is 5.88 Å². The summed E-state index contributed by atoms with van der Waals surface area (Å²) in [5.74, 6) is 0.573. The van der Waals surface area contributed by atoms with Gasteiger partial charge in [0.2, 0.25) is 5.88 Å². The number of pyridine rings is 1. The molecule has 146 valence electrons. The van der Waals surface area contributed by atoms with Gasteiger partial charge >= 0.3 is 0 Å². The fourth-order valence-electron chi connectivity index (χ4n) is 2.77. The molecule has 1 aromatic rings. The summed E-state index contributed by atoms with van der Waals surface area (Å²) in [6, 6.07) is 2.02. The van der Waals surface area contributed by atoms with E-state index >= 15 is 0 Å². The van der Waals surface area contributed by atoms with Crippen LogP contribution in [-0.4, -0.2) is 55.3 Å². The summed E-state index contributed by atoms with van der Waals surface area (Å²) in [7, 11) is -0.242. The molecule has 0 aliphatic carbocycles. The maximum absolute atomic E-state index is 12.2. The third-order valence-corrected chi connectivity index (χ3v) is 6.90. The molecular weight excluding hydrogens is 418 g/mol. The van der Waals surface area contributed by atoms with Crippen LogP contribution in [0, 0.1) is 6.92 Å². The second kappa shape index (κ2) is 9.30.